The Balaban J connectivity index is 0.00000220. The lowest BCUT2D eigenvalue weighted by Gasteiger charge is -2.38. The highest BCUT2D eigenvalue weighted by Crippen LogP contribution is 2.20. The Bertz CT molecular complexity index is 458. The summed E-state index contributed by atoms with van der Waals surface area (Å²) in [5.74, 6) is 0.755. The highest BCUT2D eigenvalue weighted by molar-refractivity contribution is 5.85. The fourth-order valence-corrected chi connectivity index (χ4v) is 2.15. The molecule has 8 heteroatoms. The summed E-state index contributed by atoms with van der Waals surface area (Å²) < 4.78 is 0. The predicted octanol–water partition coefficient (Wildman–Crippen LogP) is 1.34. The van der Waals surface area contributed by atoms with Gasteiger partial charge in [-0.15, -0.1) is 24.8 Å². The van der Waals surface area contributed by atoms with Crippen LogP contribution in [0.3, 0.4) is 0 Å². The molecule has 1 atom stereocenters. The number of anilines is 1. The van der Waals surface area contributed by atoms with Gasteiger partial charge in [0, 0.05) is 38.6 Å². The topological polar surface area (TPSA) is 75.4 Å². The van der Waals surface area contributed by atoms with E-state index in [0.29, 0.717) is 13.1 Å². The molecule has 1 aliphatic heterocycles. The van der Waals surface area contributed by atoms with E-state index in [1.807, 2.05) is 25.7 Å². The summed E-state index contributed by atoms with van der Waals surface area (Å²) in [6.45, 7) is 8.79. The zero-order chi connectivity index (χ0) is 14.8. The van der Waals surface area contributed by atoms with E-state index in [-0.39, 0.29) is 36.1 Å². The number of carbonyl (C=O) groups excluding carboxylic acids is 1. The second-order valence-electron chi connectivity index (χ2n) is 6.20. The summed E-state index contributed by atoms with van der Waals surface area (Å²) >= 11 is 0. The maximum atomic E-state index is 12.3. The minimum atomic E-state index is -0.456. The van der Waals surface area contributed by atoms with E-state index in [1.165, 1.54) is 0 Å². The van der Waals surface area contributed by atoms with E-state index >= 15 is 0 Å². The van der Waals surface area contributed by atoms with Gasteiger partial charge in [-0.25, -0.2) is 9.97 Å². The van der Waals surface area contributed by atoms with Gasteiger partial charge >= 0.3 is 0 Å². The van der Waals surface area contributed by atoms with Gasteiger partial charge in [0.2, 0.25) is 11.9 Å². The Morgan fingerprint density at radius 3 is 2.09 bits per heavy atom. The number of nitrogens with two attached hydrogens (primary N) is 1. The Labute approximate surface area is 144 Å². The third-order valence-electron chi connectivity index (χ3n) is 3.63. The maximum absolute atomic E-state index is 12.3. The van der Waals surface area contributed by atoms with Crippen LogP contribution in [-0.2, 0) is 4.79 Å². The predicted molar refractivity (Wildman–Crippen MR) is 92.8 cm³/mol. The van der Waals surface area contributed by atoms with Gasteiger partial charge < -0.3 is 15.5 Å². The third-order valence-corrected chi connectivity index (χ3v) is 3.63. The van der Waals surface area contributed by atoms with Crippen molar-refractivity contribution < 1.29 is 4.79 Å². The molecule has 126 valence electrons. The standard InChI is InChI=1S/C14H23N5O.2ClH/c1-14(2,3)11(15)12(20)18-7-9-19(10-8-18)13-16-5-4-6-17-13;;/h4-6,11H,7-10,15H2,1-3H3;2*1H/t11-;;/m1../s1. The van der Waals surface area contributed by atoms with Gasteiger partial charge in [-0.05, 0) is 11.5 Å². The first-order valence-corrected chi connectivity index (χ1v) is 6.96. The average molecular weight is 350 g/mol. The SMILES string of the molecule is CC(C)(C)[C@H](N)C(=O)N1CCN(c2ncccn2)CC1.Cl.Cl. The number of aromatic nitrogens is 2. The van der Waals surface area contributed by atoms with E-state index in [0.717, 1.165) is 19.0 Å². The van der Waals surface area contributed by atoms with Crippen LogP contribution in [-0.4, -0.2) is 53.0 Å². The Hall–Kier alpha value is -1.11. The highest BCUT2D eigenvalue weighted by atomic mass is 35.5. The molecule has 1 saturated heterocycles. The van der Waals surface area contributed by atoms with Crippen molar-refractivity contribution in [2.75, 3.05) is 31.1 Å². The van der Waals surface area contributed by atoms with E-state index in [9.17, 15) is 4.79 Å². The second-order valence-corrected chi connectivity index (χ2v) is 6.20. The molecule has 2 heterocycles. The number of piperazine rings is 1. The summed E-state index contributed by atoms with van der Waals surface area (Å²) in [7, 11) is 0. The normalized spacial score (nSPS) is 16.4. The molecule has 2 rings (SSSR count). The zero-order valence-corrected chi connectivity index (χ0v) is 14.9. The fourth-order valence-electron chi connectivity index (χ4n) is 2.15. The molecule has 0 unspecified atom stereocenters. The lowest BCUT2D eigenvalue weighted by atomic mass is 9.86. The van der Waals surface area contributed by atoms with Crippen LogP contribution in [0.25, 0.3) is 0 Å². The van der Waals surface area contributed by atoms with Crippen LogP contribution in [0.1, 0.15) is 20.8 Å². The minimum Gasteiger partial charge on any atom is -0.338 e. The number of halogens is 2. The molecule has 1 aromatic rings. The molecule has 2 N–H and O–H groups in total. The molecule has 22 heavy (non-hydrogen) atoms. The summed E-state index contributed by atoms with van der Waals surface area (Å²) in [6.07, 6.45) is 3.46. The van der Waals surface area contributed by atoms with Crippen LogP contribution >= 0.6 is 24.8 Å². The molecule has 0 saturated carbocycles. The van der Waals surface area contributed by atoms with E-state index in [1.54, 1.807) is 18.5 Å². The number of amides is 1. The third kappa shape index (κ3) is 4.97. The summed E-state index contributed by atoms with van der Waals surface area (Å²) in [4.78, 5) is 24.7. The van der Waals surface area contributed by atoms with Gasteiger partial charge in [0.25, 0.3) is 0 Å². The number of carbonyl (C=O) groups is 1. The molecule has 0 radical (unpaired) electrons. The van der Waals surface area contributed by atoms with Gasteiger partial charge in [-0.1, -0.05) is 20.8 Å². The molecule has 1 aliphatic rings. The van der Waals surface area contributed by atoms with Crippen LogP contribution in [0, 0.1) is 5.41 Å². The summed E-state index contributed by atoms with van der Waals surface area (Å²) in [5, 5.41) is 0. The molecule has 0 bridgehead atoms. The van der Waals surface area contributed by atoms with Crippen molar-refractivity contribution in [3.8, 4) is 0 Å². The van der Waals surface area contributed by atoms with Crippen molar-refractivity contribution in [3.63, 3.8) is 0 Å². The molecule has 0 spiro atoms. The molecule has 6 nitrogen and oxygen atoms in total. The average Bonchev–Trinajstić information content (AvgIpc) is 2.46. The van der Waals surface area contributed by atoms with Crippen LogP contribution in [0.2, 0.25) is 0 Å². The first-order chi connectivity index (χ1) is 9.39. The van der Waals surface area contributed by atoms with E-state index in [4.69, 9.17) is 5.73 Å². The monoisotopic (exact) mass is 349 g/mol. The fraction of sp³-hybridized carbons (Fsp3) is 0.643. The molecule has 1 amide bonds. The zero-order valence-electron chi connectivity index (χ0n) is 13.2. The smallest absolute Gasteiger partial charge is 0.240 e. The van der Waals surface area contributed by atoms with E-state index in [2.05, 4.69) is 14.9 Å². The van der Waals surface area contributed by atoms with Gasteiger partial charge in [0.15, 0.2) is 0 Å². The summed E-state index contributed by atoms with van der Waals surface area (Å²) in [5.41, 5.74) is 5.83. The molecular formula is C14H25Cl2N5O. The highest BCUT2D eigenvalue weighted by Gasteiger charge is 2.32. The maximum Gasteiger partial charge on any atom is 0.240 e. The Kier molecular flexibility index (Phi) is 8.07. The number of rotatable bonds is 2. The van der Waals surface area contributed by atoms with Gasteiger partial charge in [-0.3, -0.25) is 4.79 Å². The van der Waals surface area contributed by atoms with Crippen molar-refractivity contribution in [1.82, 2.24) is 14.9 Å². The molecule has 0 aromatic carbocycles. The summed E-state index contributed by atoms with van der Waals surface area (Å²) in [6, 6.07) is 1.34. The van der Waals surface area contributed by atoms with Crippen molar-refractivity contribution in [2.45, 2.75) is 26.8 Å². The quantitative estimate of drug-likeness (QED) is 0.871. The Morgan fingerprint density at radius 2 is 1.64 bits per heavy atom. The first-order valence-electron chi connectivity index (χ1n) is 6.96. The molecule has 1 aromatic heterocycles. The van der Waals surface area contributed by atoms with E-state index < -0.39 is 6.04 Å². The first kappa shape index (κ1) is 20.9. The molecular weight excluding hydrogens is 325 g/mol. The van der Waals surface area contributed by atoms with Crippen LogP contribution in [0.4, 0.5) is 5.95 Å². The molecule has 0 aliphatic carbocycles. The number of nitrogens with zero attached hydrogens (tertiary/aromatic N) is 4. The molecule has 1 fully saturated rings. The number of hydrogen-bond acceptors (Lipinski definition) is 5. The number of hydrogen-bond donors (Lipinski definition) is 1. The van der Waals surface area contributed by atoms with Crippen LogP contribution < -0.4 is 10.6 Å². The van der Waals surface area contributed by atoms with Gasteiger partial charge in [0.1, 0.15) is 0 Å². The van der Waals surface area contributed by atoms with Crippen molar-refractivity contribution in [1.29, 1.82) is 0 Å². The van der Waals surface area contributed by atoms with Crippen LogP contribution in [0.15, 0.2) is 18.5 Å². The van der Waals surface area contributed by atoms with Gasteiger partial charge in [-0.2, -0.15) is 0 Å². The van der Waals surface area contributed by atoms with Crippen molar-refractivity contribution in [2.24, 2.45) is 11.1 Å². The lowest BCUT2D eigenvalue weighted by molar-refractivity contribution is -0.135. The minimum absolute atomic E-state index is 0. The van der Waals surface area contributed by atoms with Gasteiger partial charge in [0.05, 0.1) is 6.04 Å². The second kappa shape index (κ2) is 8.50. The van der Waals surface area contributed by atoms with Crippen molar-refractivity contribution >= 4 is 36.7 Å². The lowest BCUT2D eigenvalue weighted by Crippen LogP contribution is -2.56. The largest absolute Gasteiger partial charge is 0.338 e. The Morgan fingerprint density at radius 1 is 1.14 bits per heavy atom. The van der Waals surface area contributed by atoms with Crippen LogP contribution in [0.5, 0.6) is 0 Å². The van der Waals surface area contributed by atoms with Crippen molar-refractivity contribution in [3.05, 3.63) is 18.5 Å².